The van der Waals surface area contributed by atoms with E-state index in [1.807, 2.05) is 0 Å². The van der Waals surface area contributed by atoms with Gasteiger partial charge in [0.05, 0.1) is 18.7 Å². The van der Waals surface area contributed by atoms with Gasteiger partial charge in [-0.05, 0) is 34.1 Å². The van der Waals surface area contributed by atoms with Gasteiger partial charge in [-0.3, -0.25) is 4.79 Å². The number of hydrogen-bond acceptors (Lipinski definition) is 2. The van der Waals surface area contributed by atoms with E-state index in [2.05, 4.69) is 31.9 Å². The zero-order valence-electron chi connectivity index (χ0n) is 9.25. The summed E-state index contributed by atoms with van der Waals surface area (Å²) in [6.07, 6.45) is -2.63. The van der Waals surface area contributed by atoms with E-state index < -0.39 is 18.9 Å². The van der Waals surface area contributed by atoms with E-state index in [4.69, 9.17) is 5.11 Å². The molecule has 1 amide bonds. The molecule has 0 saturated heterocycles. The highest BCUT2D eigenvalue weighted by atomic mass is 79.9. The number of carbonyl (C=O) groups excluding carboxylic acids is 1. The average Bonchev–Trinajstić information content (AvgIpc) is 2.30. The highest BCUT2D eigenvalue weighted by molar-refractivity contribution is 9.11. The van der Waals surface area contributed by atoms with Gasteiger partial charge < -0.3 is 10.0 Å². The van der Waals surface area contributed by atoms with Crippen LogP contribution in [0, 0.1) is 0 Å². The molecule has 1 aromatic carbocycles. The van der Waals surface area contributed by atoms with Crippen molar-refractivity contribution in [3.63, 3.8) is 0 Å². The molecule has 1 N–H and O–H groups in total. The third kappa shape index (κ3) is 4.29. The number of amides is 1. The van der Waals surface area contributed by atoms with Gasteiger partial charge in [0.2, 0.25) is 0 Å². The topological polar surface area (TPSA) is 40.5 Å². The lowest BCUT2D eigenvalue weighted by Gasteiger charge is -2.22. The molecule has 0 radical (unpaired) electrons. The summed E-state index contributed by atoms with van der Waals surface area (Å²) in [7, 11) is 0. The molecule has 0 aliphatic rings. The van der Waals surface area contributed by atoms with Crippen LogP contribution in [-0.2, 0) is 0 Å². The Balaban J connectivity index is 2.97. The van der Waals surface area contributed by atoms with E-state index in [0.717, 1.165) is 4.90 Å². The number of aliphatic hydroxyl groups excluding tert-OH is 1. The quantitative estimate of drug-likeness (QED) is 0.845. The lowest BCUT2D eigenvalue weighted by molar-refractivity contribution is 0.0508. The van der Waals surface area contributed by atoms with Crippen LogP contribution in [0.1, 0.15) is 10.4 Å². The van der Waals surface area contributed by atoms with Crippen LogP contribution in [0.5, 0.6) is 0 Å². The van der Waals surface area contributed by atoms with E-state index in [-0.39, 0.29) is 18.7 Å². The van der Waals surface area contributed by atoms with Gasteiger partial charge in [-0.25, -0.2) is 8.78 Å². The number of halogens is 4. The molecule has 0 aromatic heterocycles. The van der Waals surface area contributed by atoms with Crippen LogP contribution in [0.25, 0.3) is 0 Å². The molecule has 0 bridgehead atoms. The van der Waals surface area contributed by atoms with Crippen molar-refractivity contribution in [2.75, 3.05) is 19.7 Å². The maximum atomic E-state index is 12.4. The largest absolute Gasteiger partial charge is 0.395 e. The lowest BCUT2D eigenvalue weighted by Crippen LogP contribution is -2.37. The number of nitrogens with zero attached hydrogens (tertiary/aromatic N) is 1. The fourth-order valence-corrected chi connectivity index (χ4v) is 2.17. The number of aliphatic hydroxyl groups is 1. The predicted molar refractivity (Wildman–Crippen MR) is 70.8 cm³/mol. The summed E-state index contributed by atoms with van der Waals surface area (Å²) < 4.78 is 25.9. The van der Waals surface area contributed by atoms with Crippen molar-refractivity contribution in [3.05, 3.63) is 32.7 Å². The monoisotopic (exact) mass is 385 g/mol. The first-order valence-corrected chi connectivity index (χ1v) is 6.67. The predicted octanol–water partition coefficient (Wildman–Crippen LogP) is 2.91. The summed E-state index contributed by atoms with van der Waals surface area (Å²) in [5.74, 6) is -0.544. The summed E-state index contributed by atoms with van der Waals surface area (Å²) in [6, 6.07) is 4.92. The zero-order chi connectivity index (χ0) is 13.7. The van der Waals surface area contributed by atoms with Crippen molar-refractivity contribution in [2.45, 2.75) is 6.43 Å². The molecule has 0 saturated carbocycles. The SMILES string of the molecule is O=C(c1cc(Br)ccc1Br)N(CCO)CC(F)F. The molecule has 0 spiro atoms. The normalized spacial score (nSPS) is 10.8. The average molecular weight is 387 g/mol. The highest BCUT2D eigenvalue weighted by Crippen LogP contribution is 2.23. The molecule has 0 unspecified atom stereocenters. The molecular formula is C11H11Br2F2NO2. The van der Waals surface area contributed by atoms with E-state index in [0.29, 0.717) is 8.95 Å². The number of benzene rings is 1. The molecule has 0 heterocycles. The van der Waals surface area contributed by atoms with Gasteiger partial charge in [0.15, 0.2) is 0 Å². The first kappa shape index (κ1) is 15.5. The summed E-state index contributed by atoms with van der Waals surface area (Å²) >= 11 is 6.41. The van der Waals surface area contributed by atoms with Crippen LogP contribution in [0.3, 0.4) is 0 Å². The lowest BCUT2D eigenvalue weighted by atomic mass is 10.2. The number of hydrogen-bond donors (Lipinski definition) is 1. The van der Waals surface area contributed by atoms with Crippen LogP contribution in [0.2, 0.25) is 0 Å². The van der Waals surface area contributed by atoms with Gasteiger partial charge in [-0.15, -0.1) is 0 Å². The first-order chi connectivity index (χ1) is 8.45. The minimum Gasteiger partial charge on any atom is -0.395 e. The Morgan fingerprint density at radius 1 is 1.39 bits per heavy atom. The molecular weight excluding hydrogens is 376 g/mol. The van der Waals surface area contributed by atoms with E-state index >= 15 is 0 Å². The van der Waals surface area contributed by atoms with Gasteiger partial charge in [-0.1, -0.05) is 15.9 Å². The fourth-order valence-electron chi connectivity index (χ4n) is 1.39. The maximum Gasteiger partial charge on any atom is 0.255 e. The molecule has 1 rings (SSSR count). The number of alkyl halides is 2. The summed E-state index contributed by atoms with van der Waals surface area (Å²) in [4.78, 5) is 13.0. The Hall–Kier alpha value is -0.530. The van der Waals surface area contributed by atoms with Gasteiger partial charge in [-0.2, -0.15) is 0 Å². The van der Waals surface area contributed by atoms with Crippen molar-refractivity contribution in [2.24, 2.45) is 0 Å². The Kier molecular flexibility index (Phi) is 6.17. The summed E-state index contributed by atoms with van der Waals surface area (Å²) in [5.41, 5.74) is 0.276. The molecule has 0 fully saturated rings. The minimum absolute atomic E-state index is 0.123. The molecule has 100 valence electrons. The molecule has 7 heteroatoms. The van der Waals surface area contributed by atoms with Gasteiger partial charge in [0.1, 0.15) is 0 Å². The molecule has 3 nitrogen and oxygen atoms in total. The van der Waals surface area contributed by atoms with Crippen molar-refractivity contribution >= 4 is 37.8 Å². The third-order valence-electron chi connectivity index (χ3n) is 2.17. The Morgan fingerprint density at radius 3 is 2.61 bits per heavy atom. The minimum atomic E-state index is -2.63. The van der Waals surface area contributed by atoms with Crippen molar-refractivity contribution in [3.8, 4) is 0 Å². The Bertz CT molecular complexity index is 430. The molecule has 0 atom stereocenters. The maximum absolute atomic E-state index is 12.4. The van der Waals surface area contributed by atoms with Crippen LogP contribution >= 0.6 is 31.9 Å². The van der Waals surface area contributed by atoms with E-state index in [9.17, 15) is 13.6 Å². The number of carbonyl (C=O) groups is 1. The van der Waals surface area contributed by atoms with Crippen molar-refractivity contribution in [1.82, 2.24) is 4.90 Å². The second-order valence-corrected chi connectivity index (χ2v) is 5.26. The number of rotatable bonds is 5. The second kappa shape index (κ2) is 7.16. The van der Waals surface area contributed by atoms with Crippen LogP contribution in [0.4, 0.5) is 8.78 Å². The summed E-state index contributed by atoms with van der Waals surface area (Å²) in [5, 5.41) is 8.81. The Labute approximate surface area is 120 Å². The Morgan fingerprint density at radius 2 is 2.06 bits per heavy atom. The van der Waals surface area contributed by atoms with Gasteiger partial charge in [0.25, 0.3) is 12.3 Å². The standard InChI is InChI=1S/C11H11Br2F2NO2/c12-7-1-2-9(13)8(5-7)11(18)16(3-4-17)6-10(14)15/h1-2,5,10,17H,3-4,6H2. The second-order valence-electron chi connectivity index (χ2n) is 3.49. The van der Waals surface area contributed by atoms with Crippen molar-refractivity contribution in [1.29, 1.82) is 0 Å². The zero-order valence-corrected chi connectivity index (χ0v) is 12.4. The third-order valence-corrected chi connectivity index (χ3v) is 3.36. The summed E-state index contributed by atoms with van der Waals surface area (Å²) in [6.45, 7) is -1.18. The van der Waals surface area contributed by atoms with Gasteiger partial charge in [0, 0.05) is 15.5 Å². The smallest absolute Gasteiger partial charge is 0.255 e. The van der Waals surface area contributed by atoms with Crippen LogP contribution in [-0.4, -0.2) is 42.0 Å². The van der Waals surface area contributed by atoms with Crippen LogP contribution in [0.15, 0.2) is 27.1 Å². The van der Waals surface area contributed by atoms with Crippen molar-refractivity contribution < 1.29 is 18.7 Å². The van der Waals surface area contributed by atoms with Crippen LogP contribution < -0.4 is 0 Å². The fraction of sp³-hybridized carbons (Fsp3) is 0.364. The molecule has 1 aromatic rings. The molecule has 0 aliphatic heterocycles. The van der Waals surface area contributed by atoms with E-state index in [1.165, 1.54) is 0 Å². The van der Waals surface area contributed by atoms with Gasteiger partial charge >= 0.3 is 0 Å². The molecule has 18 heavy (non-hydrogen) atoms. The van der Waals surface area contributed by atoms with E-state index in [1.54, 1.807) is 18.2 Å². The highest BCUT2D eigenvalue weighted by Gasteiger charge is 2.21. The first-order valence-electron chi connectivity index (χ1n) is 5.09. The molecule has 0 aliphatic carbocycles.